The number of fused-ring (bicyclic) bond motifs is 1. The summed E-state index contributed by atoms with van der Waals surface area (Å²) in [6.07, 6.45) is 0. The van der Waals surface area contributed by atoms with Gasteiger partial charge in [0, 0.05) is 0 Å². The summed E-state index contributed by atoms with van der Waals surface area (Å²) in [6.45, 7) is 0. The molecule has 0 saturated carbocycles. The van der Waals surface area contributed by atoms with Gasteiger partial charge in [-0.3, -0.25) is 0 Å². The highest BCUT2D eigenvalue weighted by Crippen LogP contribution is 1.98. The summed E-state index contributed by atoms with van der Waals surface area (Å²) in [6, 6.07) is 4.64. The van der Waals surface area contributed by atoms with E-state index in [0.717, 1.165) is 0 Å². The van der Waals surface area contributed by atoms with Crippen LogP contribution in [0.15, 0.2) is 28.2 Å². The molecule has 0 N–H and O–H groups in total. The van der Waals surface area contributed by atoms with Crippen molar-refractivity contribution in [3.63, 3.8) is 0 Å². The van der Waals surface area contributed by atoms with Gasteiger partial charge in [0.25, 0.3) is 0 Å². The first-order valence-corrected chi connectivity index (χ1v) is 3.41. The third-order valence-electron chi connectivity index (χ3n) is 1.39. The quantitative estimate of drug-likeness (QED) is 0.560. The first-order valence-electron chi connectivity index (χ1n) is 3.03. The van der Waals surface area contributed by atoms with Crippen molar-refractivity contribution in [3.05, 3.63) is 33.9 Å². The molecule has 54 valence electrons. The molecule has 3 nitrogen and oxygen atoms in total. The zero-order valence-corrected chi connectivity index (χ0v) is 6.17. The molecule has 1 aromatic carbocycles. The highest BCUT2D eigenvalue weighted by molar-refractivity contribution is 6.30. The van der Waals surface area contributed by atoms with Gasteiger partial charge >= 0.3 is 6.03 Å². The number of carbonyl (C=O) groups is 1. The number of carbonyl (C=O) groups excluding carboxylic acids is 1. The van der Waals surface area contributed by atoms with Crippen molar-refractivity contribution in [2.45, 2.75) is 0 Å². The van der Waals surface area contributed by atoms with E-state index >= 15 is 0 Å². The molecule has 1 heterocycles. The molecule has 0 bridgehead atoms. The fourth-order valence-corrected chi connectivity index (χ4v) is 1.14. The van der Waals surface area contributed by atoms with E-state index in [1.165, 1.54) is 0 Å². The number of hydrogen-bond acceptors (Lipinski definition) is 1. The molecule has 2 amide bonds. The minimum Gasteiger partial charge on any atom is -0.244 e. The van der Waals surface area contributed by atoms with Crippen molar-refractivity contribution in [2.24, 2.45) is 9.98 Å². The lowest BCUT2D eigenvalue weighted by Crippen LogP contribution is -2.21. The molecule has 1 aliphatic heterocycles. The molecule has 0 fully saturated rings. The minimum atomic E-state index is -0.479. The van der Waals surface area contributed by atoms with Crippen LogP contribution in [-0.4, -0.2) is 6.03 Å². The monoisotopic (exact) mass is 166 g/mol. The Morgan fingerprint density at radius 2 is 2.09 bits per heavy atom. The van der Waals surface area contributed by atoms with Gasteiger partial charge in [-0.2, -0.15) is 9.98 Å². The molecule has 0 unspecified atom stereocenters. The van der Waals surface area contributed by atoms with Gasteiger partial charge in [-0.15, -0.1) is 0 Å². The number of amides is 2. The van der Waals surface area contributed by atoms with Gasteiger partial charge in [-0.25, -0.2) is 4.79 Å². The summed E-state index contributed by atoms with van der Waals surface area (Å²) < 4.78 is 0. The summed E-state index contributed by atoms with van der Waals surface area (Å²) in [7, 11) is 0. The van der Waals surface area contributed by atoms with E-state index in [1.807, 2.05) is 0 Å². The molecular weight excluding hydrogens is 164 g/mol. The normalized spacial score (nSPS) is 13.7. The van der Waals surface area contributed by atoms with Crippen LogP contribution < -0.4 is 10.7 Å². The molecule has 1 aromatic rings. The summed E-state index contributed by atoms with van der Waals surface area (Å²) in [5, 5.41) is 1.51. The first-order chi connectivity index (χ1) is 5.27. The zero-order valence-electron chi connectivity index (χ0n) is 5.41. The predicted octanol–water partition coefficient (Wildman–Crippen LogP) is 0.713. The summed E-state index contributed by atoms with van der Waals surface area (Å²) in [5.74, 6) is 0. The second-order valence-electron chi connectivity index (χ2n) is 2.11. The van der Waals surface area contributed by atoms with Crippen molar-refractivity contribution in [1.82, 2.24) is 0 Å². The fourth-order valence-electron chi connectivity index (χ4n) is 0.929. The summed E-state index contributed by atoms with van der Waals surface area (Å²) in [5.41, 5.74) is 0. The minimum absolute atomic E-state index is 0.470. The molecule has 1 aliphatic rings. The second kappa shape index (κ2) is 2.13. The largest absolute Gasteiger partial charge is 0.368 e. The molecule has 11 heavy (non-hydrogen) atoms. The van der Waals surface area contributed by atoms with Gasteiger partial charge in [0.05, 0.1) is 10.4 Å². The van der Waals surface area contributed by atoms with E-state index in [9.17, 15) is 4.79 Å². The zero-order chi connectivity index (χ0) is 7.84. The van der Waals surface area contributed by atoms with Crippen LogP contribution >= 0.6 is 11.6 Å². The fraction of sp³-hybridized carbons (Fsp3) is 0. The van der Waals surface area contributed by atoms with Gasteiger partial charge in [-0.05, 0) is 12.1 Å². The van der Waals surface area contributed by atoms with Crippen LogP contribution in [0.5, 0.6) is 0 Å². The number of para-hydroxylation sites is 1. The molecule has 0 atom stereocenters. The van der Waals surface area contributed by atoms with Crippen LogP contribution in [0.1, 0.15) is 0 Å². The maximum atomic E-state index is 10.7. The third kappa shape index (κ3) is 0.935. The Labute approximate surface area is 67.0 Å². The molecule has 0 radical (unpaired) electrons. The Kier molecular flexibility index (Phi) is 1.26. The van der Waals surface area contributed by atoms with Gasteiger partial charge in [0.2, 0.25) is 0 Å². The second-order valence-corrected chi connectivity index (χ2v) is 2.52. The van der Waals surface area contributed by atoms with Crippen LogP contribution in [0.3, 0.4) is 0 Å². The Balaban J connectivity index is 2.97. The van der Waals surface area contributed by atoms with Crippen molar-refractivity contribution < 1.29 is 4.79 Å². The van der Waals surface area contributed by atoms with Gasteiger partial charge in [-0.1, -0.05) is 17.7 Å². The molecule has 0 saturated heterocycles. The van der Waals surface area contributed by atoms with Gasteiger partial charge in [0.1, 0.15) is 5.36 Å². The third-order valence-corrected chi connectivity index (χ3v) is 1.69. The lowest BCUT2D eigenvalue weighted by molar-refractivity contribution is 0.256. The van der Waals surface area contributed by atoms with Crippen LogP contribution in [-0.2, 0) is 0 Å². The highest BCUT2D eigenvalue weighted by Gasteiger charge is 2.05. The molecule has 2 rings (SSSR count). The number of nitrogens with zero attached hydrogens (tertiary/aromatic N) is 2. The topological polar surface area (TPSA) is 41.8 Å². The Hall–Kier alpha value is -1.22. The van der Waals surface area contributed by atoms with E-state index in [1.54, 1.807) is 18.2 Å². The van der Waals surface area contributed by atoms with Crippen LogP contribution in [0, 0.1) is 0 Å². The number of hydrogen-bond donors (Lipinski definition) is 0. The van der Waals surface area contributed by atoms with Gasteiger partial charge in [0.15, 0.2) is 0 Å². The average molecular weight is 167 g/mol. The number of rotatable bonds is 0. The van der Waals surface area contributed by atoms with E-state index in [0.29, 0.717) is 15.7 Å². The Bertz CT molecular complexity index is 438. The van der Waals surface area contributed by atoms with Crippen LogP contribution in [0.25, 0.3) is 0 Å². The van der Waals surface area contributed by atoms with Gasteiger partial charge < -0.3 is 0 Å². The maximum absolute atomic E-state index is 10.7. The molecule has 0 aliphatic carbocycles. The van der Waals surface area contributed by atoms with Crippen LogP contribution in [0.4, 0.5) is 4.79 Å². The van der Waals surface area contributed by atoms with E-state index in [-0.39, 0.29) is 0 Å². The van der Waals surface area contributed by atoms with Crippen molar-refractivity contribution in [2.75, 3.05) is 0 Å². The lowest BCUT2D eigenvalue weighted by atomic mass is 10.3. The molecule has 4 heteroatoms. The Morgan fingerprint density at radius 3 is 2.82 bits per heavy atom. The SMILES string of the molecule is O=C1N=c2cccc(Cl)c2=N1. The smallest absolute Gasteiger partial charge is 0.244 e. The first kappa shape index (κ1) is 6.49. The highest BCUT2D eigenvalue weighted by atomic mass is 35.5. The van der Waals surface area contributed by atoms with E-state index in [2.05, 4.69) is 9.98 Å². The number of halogens is 1. The summed E-state index contributed by atoms with van der Waals surface area (Å²) in [4.78, 5) is 17.9. The molecule has 0 aromatic heterocycles. The maximum Gasteiger partial charge on any atom is 0.368 e. The predicted molar refractivity (Wildman–Crippen MR) is 39.2 cm³/mol. The summed E-state index contributed by atoms with van der Waals surface area (Å²) >= 11 is 5.73. The Morgan fingerprint density at radius 1 is 1.27 bits per heavy atom. The number of urea groups is 1. The number of benzene rings is 1. The van der Waals surface area contributed by atoms with Crippen molar-refractivity contribution >= 4 is 17.6 Å². The molecule has 0 spiro atoms. The standard InChI is InChI=1S/C7H3ClN2O/c8-4-2-1-3-5-6(4)10-7(11)9-5/h1-3H. The van der Waals surface area contributed by atoms with E-state index in [4.69, 9.17) is 11.6 Å². The van der Waals surface area contributed by atoms with Crippen LogP contribution in [0.2, 0.25) is 5.02 Å². The van der Waals surface area contributed by atoms with E-state index < -0.39 is 6.03 Å². The van der Waals surface area contributed by atoms with Crippen molar-refractivity contribution in [3.8, 4) is 0 Å². The lowest BCUT2D eigenvalue weighted by Gasteiger charge is -1.83. The average Bonchev–Trinajstić information content (AvgIpc) is 2.31. The molecular formula is C7H3ClN2O. The van der Waals surface area contributed by atoms with Crippen molar-refractivity contribution in [1.29, 1.82) is 0 Å².